The van der Waals surface area contributed by atoms with Crippen molar-refractivity contribution in [2.24, 2.45) is 0 Å². The molecule has 1 N–H and O–H groups in total. The standard InChI is InChI=1S/C15H12N2OS/c18-15(8-12-5-3-7-19-12)17-14-10-16-9-11-4-1-2-6-13(11)14/h1-7,9-10H,8H2,(H,17,18). The van der Waals surface area contributed by atoms with Gasteiger partial charge in [-0.1, -0.05) is 30.3 Å². The van der Waals surface area contributed by atoms with E-state index in [0.29, 0.717) is 6.42 Å². The quantitative estimate of drug-likeness (QED) is 0.790. The molecule has 0 saturated carbocycles. The van der Waals surface area contributed by atoms with Gasteiger partial charge < -0.3 is 5.32 Å². The number of amides is 1. The molecule has 4 heteroatoms. The third kappa shape index (κ3) is 2.63. The lowest BCUT2D eigenvalue weighted by molar-refractivity contribution is -0.115. The summed E-state index contributed by atoms with van der Waals surface area (Å²) in [6.45, 7) is 0. The molecule has 19 heavy (non-hydrogen) atoms. The molecule has 0 spiro atoms. The van der Waals surface area contributed by atoms with E-state index in [1.165, 1.54) is 0 Å². The first-order valence-corrected chi connectivity index (χ1v) is 6.86. The Hall–Kier alpha value is -2.20. The molecule has 94 valence electrons. The maximum absolute atomic E-state index is 12.0. The predicted molar refractivity (Wildman–Crippen MR) is 78.4 cm³/mol. The van der Waals surface area contributed by atoms with Gasteiger partial charge in [-0.3, -0.25) is 9.78 Å². The summed E-state index contributed by atoms with van der Waals surface area (Å²) < 4.78 is 0. The molecule has 3 aromatic rings. The molecule has 3 nitrogen and oxygen atoms in total. The second kappa shape index (κ2) is 5.20. The third-order valence-corrected chi connectivity index (χ3v) is 3.73. The first-order chi connectivity index (χ1) is 9.33. The molecule has 0 atom stereocenters. The van der Waals surface area contributed by atoms with Crippen LogP contribution in [0.1, 0.15) is 4.88 Å². The highest BCUT2D eigenvalue weighted by Gasteiger charge is 2.07. The molecule has 0 fully saturated rings. The molecule has 0 bridgehead atoms. The van der Waals surface area contributed by atoms with E-state index in [-0.39, 0.29) is 5.91 Å². The van der Waals surface area contributed by atoms with Crippen LogP contribution >= 0.6 is 11.3 Å². The number of nitrogens with zero attached hydrogens (tertiary/aromatic N) is 1. The van der Waals surface area contributed by atoms with Gasteiger partial charge in [0.1, 0.15) is 0 Å². The maximum atomic E-state index is 12.0. The maximum Gasteiger partial charge on any atom is 0.229 e. The van der Waals surface area contributed by atoms with Crippen molar-refractivity contribution in [2.75, 3.05) is 5.32 Å². The van der Waals surface area contributed by atoms with Gasteiger partial charge in [0.15, 0.2) is 0 Å². The average molecular weight is 268 g/mol. The number of carbonyl (C=O) groups is 1. The van der Waals surface area contributed by atoms with Gasteiger partial charge in [0, 0.05) is 21.8 Å². The third-order valence-electron chi connectivity index (χ3n) is 2.86. The molecule has 1 aromatic carbocycles. The van der Waals surface area contributed by atoms with E-state index in [4.69, 9.17) is 0 Å². The average Bonchev–Trinajstić information content (AvgIpc) is 2.92. The largest absolute Gasteiger partial charge is 0.324 e. The zero-order valence-corrected chi connectivity index (χ0v) is 11.0. The molecule has 0 aliphatic heterocycles. The molecule has 0 aliphatic rings. The highest BCUT2D eigenvalue weighted by Crippen LogP contribution is 2.21. The van der Waals surface area contributed by atoms with Gasteiger partial charge in [-0.2, -0.15) is 0 Å². The minimum atomic E-state index is -0.0133. The summed E-state index contributed by atoms with van der Waals surface area (Å²) in [6, 6.07) is 11.8. The van der Waals surface area contributed by atoms with Crippen LogP contribution in [-0.2, 0) is 11.2 Å². The fourth-order valence-corrected chi connectivity index (χ4v) is 2.69. The van der Waals surface area contributed by atoms with E-state index >= 15 is 0 Å². The van der Waals surface area contributed by atoms with Crippen molar-refractivity contribution >= 4 is 33.7 Å². The lowest BCUT2D eigenvalue weighted by Gasteiger charge is -2.07. The Balaban J connectivity index is 1.83. The minimum absolute atomic E-state index is 0.0133. The number of hydrogen-bond acceptors (Lipinski definition) is 3. The van der Waals surface area contributed by atoms with Crippen LogP contribution in [0.4, 0.5) is 5.69 Å². The second-order valence-electron chi connectivity index (χ2n) is 4.21. The lowest BCUT2D eigenvalue weighted by atomic mass is 10.1. The van der Waals surface area contributed by atoms with E-state index in [0.717, 1.165) is 21.3 Å². The molecule has 0 aliphatic carbocycles. The Labute approximate surface area is 114 Å². The van der Waals surface area contributed by atoms with Crippen molar-refractivity contribution in [3.05, 3.63) is 59.0 Å². The van der Waals surface area contributed by atoms with E-state index < -0.39 is 0 Å². The number of fused-ring (bicyclic) bond motifs is 1. The Morgan fingerprint density at radius 2 is 2.05 bits per heavy atom. The molecule has 0 saturated heterocycles. The number of thiophene rings is 1. The molecular formula is C15H12N2OS. The smallest absolute Gasteiger partial charge is 0.229 e. The van der Waals surface area contributed by atoms with Gasteiger partial charge in [0.2, 0.25) is 5.91 Å². The number of aromatic nitrogens is 1. The van der Waals surface area contributed by atoms with Gasteiger partial charge in [-0.15, -0.1) is 11.3 Å². The van der Waals surface area contributed by atoms with E-state index in [9.17, 15) is 4.79 Å². The Kier molecular flexibility index (Phi) is 3.25. The van der Waals surface area contributed by atoms with Gasteiger partial charge >= 0.3 is 0 Å². The van der Waals surface area contributed by atoms with Crippen LogP contribution in [0.5, 0.6) is 0 Å². The zero-order chi connectivity index (χ0) is 13.1. The van der Waals surface area contributed by atoms with Crippen molar-refractivity contribution in [3.63, 3.8) is 0 Å². The number of pyridine rings is 1. The molecule has 0 radical (unpaired) electrons. The van der Waals surface area contributed by atoms with Gasteiger partial charge in [0.05, 0.1) is 18.3 Å². The normalized spacial score (nSPS) is 10.5. The van der Waals surface area contributed by atoms with Crippen LogP contribution in [0.25, 0.3) is 10.8 Å². The lowest BCUT2D eigenvalue weighted by Crippen LogP contribution is -2.14. The summed E-state index contributed by atoms with van der Waals surface area (Å²) in [4.78, 5) is 17.2. The summed E-state index contributed by atoms with van der Waals surface area (Å²) in [5, 5.41) is 6.94. The van der Waals surface area contributed by atoms with E-state index in [1.807, 2.05) is 41.8 Å². The predicted octanol–water partition coefficient (Wildman–Crippen LogP) is 3.48. The molecular weight excluding hydrogens is 256 g/mol. The first-order valence-electron chi connectivity index (χ1n) is 5.98. The van der Waals surface area contributed by atoms with Crippen molar-refractivity contribution in [1.82, 2.24) is 4.98 Å². The molecule has 1 amide bonds. The highest BCUT2D eigenvalue weighted by molar-refractivity contribution is 7.10. The van der Waals surface area contributed by atoms with Crippen LogP contribution in [0, 0.1) is 0 Å². The van der Waals surface area contributed by atoms with Gasteiger partial charge in [0.25, 0.3) is 0 Å². The minimum Gasteiger partial charge on any atom is -0.324 e. The molecule has 3 rings (SSSR count). The number of carbonyl (C=O) groups excluding carboxylic acids is 1. The summed E-state index contributed by atoms with van der Waals surface area (Å²) in [6.07, 6.45) is 3.89. The van der Waals surface area contributed by atoms with Crippen molar-refractivity contribution in [1.29, 1.82) is 0 Å². The van der Waals surface area contributed by atoms with Crippen LogP contribution in [0.15, 0.2) is 54.2 Å². The number of rotatable bonds is 3. The Morgan fingerprint density at radius 3 is 2.89 bits per heavy atom. The zero-order valence-electron chi connectivity index (χ0n) is 10.2. The first kappa shape index (κ1) is 11.9. The monoisotopic (exact) mass is 268 g/mol. The topological polar surface area (TPSA) is 42.0 Å². The van der Waals surface area contributed by atoms with Crippen molar-refractivity contribution in [3.8, 4) is 0 Å². The summed E-state index contributed by atoms with van der Waals surface area (Å²) in [7, 11) is 0. The van der Waals surface area contributed by atoms with Crippen molar-refractivity contribution < 1.29 is 4.79 Å². The fraction of sp³-hybridized carbons (Fsp3) is 0.0667. The molecule has 2 heterocycles. The second-order valence-corrected chi connectivity index (χ2v) is 5.24. The highest BCUT2D eigenvalue weighted by atomic mass is 32.1. The summed E-state index contributed by atoms with van der Waals surface area (Å²) in [5.41, 5.74) is 0.764. The van der Waals surface area contributed by atoms with Gasteiger partial charge in [-0.05, 0) is 11.4 Å². The van der Waals surface area contributed by atoms with Crippen LogP contribution in [0.2, 0.25) is 0 Å². The number of anilines is 1. The molecule has 0 unspecified atom stereocenters. The van der Waals surface area contributed by atoms with E-state index in [2.05, 4.69) is 10.3 Å². The van der Waals surface area contributed by atoms with Crippen LogP contribution in [-0.4, -0.2) is 10.9 Å². The van der Waals surface area contributed by atoms with Crippen LogP contribution < -0.4 is 5.32 Å². The van der Waals surface area contributed by atoms with E-state index in [1.54, 1.807) is 23.7 Å². The molecule has 2 aromatic heterocycles. The fourth-order valence-electron chi connectivity index (χ4n) is 1.98. The number of nitrogens with one attached hydrogen (secondary N) is 1. The number of benzene rings is 1. The Morgan fingerprint density at radius 1 is 1.16 bits per heavy atom. The van der Waals surface area contributed by atoms with Crippen molar-refractivity contribution in [2.45, 2.75) is 6.42 Å². The van der Waals surface area contributed by atoms with Gasteiger partial charge in [-0.25, -0.2) is 0 Å². The van der Waals surface area contributed by atoms with Crippen LogP contribution in [0.3, 0.4) is 0 Å². The SMILES string of the molecule is O=C(Cc1cccs1)Nc1cncc2ccccc12. The summed E-state index contributed by atoms with van der Waals surface area (Å²) in [5.74, 6) is -0.0133. The number of hydrogen-bond donors (Lipinski definition) is 1. The Bertz CT molecular complexity index is 702. The summed E-state index contributed by atoms with van der Waals surface area (Å²) >= 11 is 1.59.